The zero-order valence-corrected chi connectivity index (χ0v) is 9.73. The predicted molar refractivity (Wildman–Crippen MR) is 67.8 cm³/mol. The number of hydrogen-bond donors (Lipinski definition) is 3. The fraction of sp³-hybridized carbons (Fsp3) is 0.143. The van der Waals surface area contributed by atoms with Gasteiger partial charge in [-0.2, -0.15) is 0 Å². The van der Waals surface area contributed by atoms with E-state index < -0.39 is 0 Å². The molecule has 0 aliphatic rings. The minimum absolute atomic E-state index is 0.0499. The van der Waals surface area contributed by atoms with Crippen LogP contribution >= 0.6 is 0 Å². The Bertz CT molecular complexity index is 543. The molecule has 94 valence electrons. The topological polar surface area (TPSA) is 52.5 Å². The van der Waals surface area contributed by atoms with Gasteiger partial charge in [-0.25, -0.2) is 4.39 Å². The highest BCUT2D eigenvalue weighted by Crippen LogP contribution is 2.22. The molecule has 0 atom stereocenters. The average molecular weight is 247 g/mol. The summed E-state index contributed by atoms with van der Waals surface area (Å²) in [5.74, 6) is -0.208. The lowest BCUT2D eigenvalue weighted by atomic mass is 10.1. The van der Waals surface area contributed by atoms with Gasteiger partial charge in [-0.1, -0.05) is 18.2 Å². The molecule has 0 spiro atoms. The van der Waals surface area contributed by atoms with E-state index in [0.717, 1.165) is 5.69 Å². The van der Waals surface area contributed by atoms with Crippen molar-refractivity contribution in [1.82, 2.24) is 0 Å². The van der Waals surface area contributed by atoms with Crippen molar-refractivity contribution in [2.75, 3.05) is 5.32 Å². The minimum Gasteiger partial charge on any atom is -0.508 e. The summed E-state index contributed by atoms with van der Waals surface area (Å²) in [6, 6.07) is 11.3. The second kappa shape index (κ2) is 5.51. The van der Waals surface area contributed by atoms with Gasteiger partial charge in [-0.05, 0) is 24.3 Å². The van der Waals surface area contributed by atoms with E-state index in [1.165, 1.54) is 12.1 Å². The molecule has 0 unspecified atom stereocenters. The lowest BCUT2D eigenvalue weighted by molar-refractivity contribution is 0.275. The maximum atomic E-state index is 13.4. The third kappa shape index (κ3) is 2.78. The van der Waals surface area contributed by atoms with Gasteiger partial charge in [0.25, 0.3) is 0 Å². The number of phenols is 1. The zero-order chi connectivity index (χ0) is 13.0. The van der Waals surface area contributed by atoms with E-state index in [0.29, 0.717) is 17.7 Å². The number of aromatic hydroxyl groups is 1. The number of aliphatic hydroxyl groups is 1. The van der Waals surface area contributed by atoms with Gasteiger partial charge >= 0.3 is 0 Å². The Kier molecular flexibility index (Phi) is 3.79. The van der Waals surface area contributed by atoms with Crippen LogP contribution in [0.2, 0.25) is 0 Å². The first kappa shape index (κ1) is 12.4. The molecule has 0 radical (unpaired) electrons. The fourth-order valence-electron chi connectivity index (χ4n) is 1.66. The molecule has 2 rings (SSSR count). The normalized spacial score (nSPS) is 10.3. The molecule has 0 saturated heterocycles. The van der Waals surface area contributed by atoms with Crippen LogP contribution in [-0.2, 0) is 13.2 Å². The summed E-state index contributed by atoms with van der Waals surface area (Å²) >= 11 is 0. The number of anilines is 1. The highest BCUT2D eigenvalue weighted by molar-refractivity contribution is 5.50. The standard InChI is InChI=1S/C14H14FNO2/c15-13-4-2-1-3-10(13)8-16-12-5-6-14(18)11(7-12)9-17/h1-7,16-18H,8-9H2. The summed E-state index contributed by atoms with van der Waals surface area (Å²) in [5, 5.41) is 21.5. The summed E-state index contributed by atoms with van der Waals surface area (Å²) in [5.41, 5.74) is 1.73. The van der Waals surface area contributed by atoms with Gasteiger partial charge in [0.05, 0.1) is 6.61 Å². The maximum absolute atomic E-state index is 13.4. The quantitative estimate of drug-likeness (QED) is 0.728. The van der Waals surface area contributed by atoms with Gasteiger partial charge in [0.2, 0.25) is 0 Å². The van der Waals surface area contributed by atoms with Crippen molar-refractivity contribution >= 4 is 5.69 Å². The molecule has 0 amide bonds. The Hall–Kier alpha value is -2.07. The molecule has 2 aromatic rings. The van der Waals surface area contributed by atoms with Crippen molar-refractivity contribution in [1.29, 1.82) is 0 Å². The van der Waals surface area contributed by atoms with Gasteiger partial charge < -0.3 is 15.5 Å². The van der Waals surface area contributed by atoms with Gasteiger partial charge in [-0.15, -0.1) is 0 Å². The van der Waals surface area contributed by atoms with E-state index in [1.807, 2.05) is 0 Å². The van der Waals surface area contributed by atoms with Crippen LogP contribution in [-0.4, -0.2) is 10.2 Å². The van der Waals surface area contributed by atoms with Crippen LogP contribution in [0.3, 0.4) is 0 Å². The largest absolute Gasteiger partial charge is 0.508 e. The molecule has 0 saturated carbocycles. The van der Waals surface area contributed by atoms with Crippen LogP contribution < -0.4 is 5.32 Å². The minimum atomic E-state index is -0.258. The highest BCUT2D eigenvalue weighted by Gasteiger charge is 2.03. The Morgan fingerprint density at radius 1 is 1.06 bits per heavy atom. The summed E-state index contributed by atoms with van der Waals surface area (Å²) in [6.45, 7) is 0.114. The van der Waals surface area contributed by atoms with E-state index in [-0.39, 0.29) is 18.2 Å². The lowest BCUT2D eigenvalue weighted by Gasteiger charge is -2.09. The number of hydrogen-bond acceptors (Lipinski definition) is 3. The molecule has 3 N–H and O–H groups in total. The van der Waals surface area contributed by atoms with Crippen LogP contribution in [0.4, 0.5) is 10.1 Å². The fourth-order valence-corrected chi connectivity index (χ4v) is 1.66. The first-order valence-corrected chi connectivity index (χ1v) is 5.60. The molecule has 0 heterocycles. The Balaban J connectivity index is 2.09. The van der Waals surface area contributed by atoms with E-state index in [2.05, 4.69) is 5.32 Å². The van der Waals surface area contributed by atoms with Gasteiger partial charge in [-0.3, -0.25) is 0 Å². The molecule has 0 fully saturated rings. The summed E-state index contributed by atoms with van der Waals surface area (Å²) in [6.07, 6.45) is 0. The van der Waals surface area contributed by atoms with Crippen molar-refractivity contribution < 1.29 is 14.6 Å². The smallest absolute Gasteiger partial charge is 0.128 e. The van der Waals surface area contributed by atoms with Crippen molar-refractivity contribution in [2.45, 2.75) is 13.2 Å². The lowest BCUT2D eigenvalue weighted by Crippen LogP contribution is -2.02. The third-order valence-electron chi connectivity index (χ3n) is 2.69. The van der Waals surface area contributed by atoms with Crippen LogP contribution in [0, 0.1) is 5.82 Å². The zero-order valence-electron chi connectivity index (χ0n) is 9.73. The van der Waals surface area contributed by atoms with Crippen molar-refractivity contribution in [3.8, 4) is 5.75 Å². The van der Waals surface area contributed by atoms with Gasteiger partial charge in [0.15, 0.2) is 0 Å². The van der Waals surface area contributed by atoms with Crippen LogP contribution in [0.5, 0.6) is 5.75 Å². The molecular formula is C14H14FNO2. The van der Waals surface area contributed by atoms with Crippen molar-refractivity contribution in [2.24, 2.45) is 0 Å². The van der Waals surface area contributed by atoms with Crippen LogP contribution in [0.25, 0.3) is 0 Å². The van der Waals surface area contributed by atoms with E-state index in [1.54, 1.807) is 30.3 Å². The molecule has 18 heavy (non-hydrogen) atoms. The molecule has 0 aliphatic heterocycles. The van der Waals surface area contributed by atoms with Crippen molar-refractivity contribution in [3.63, 3.8) is 0 Å². The molecule has 4 heteroatoms. The maximum Gasteiger partial charge on any atom is 0.128 e. The monoisotopic (exact) mass is 247 g/mol. The number of nitrogens with one attached hydrogen (secondary N) is 1. The second-order valence-corrected chi connectivity index (χ2v) is 3.95. The predicted octanol–water partition coefficient (Wildman–Crippen LogP) is 2.64. The van der Waals surface area contributed by atoms with Crippen LogP contribution in [0.1, 0.15) is 11.1 Å². The van der Waals surface area contributed by atoms with Gasteiger partial charge in [0.1, 0.15) is 11.6 Å². The number of halogens is 1. The van der Waals surface area contributed by atoms with Crippen molar-refractivity contribution in [3.05, 3.63) is 59.4 Å². The molecule has 0 bridgehead atoms. The Labute approximate surface area is 105 Å². The molecular weight excluding hydrogens is 233 g/mol. The average Bonchev–Trinajstić information content (AvgIpc) is 2.39. The Morgan fingerprint density at radius 2 is 1.83 bits per heavy atom. The number of rotatable bonds is 4. The summed E-state index contributed by atoms with van der Waals surface area (Å²) < 4.78 is 13.4. The number of benzene rings is 2. The van der Waals surface area contributed by atoms with Crippen LogP contribution in [0.15, 0.2) is 42.5 Å². The highest BCUT2D eigenvalue weighted by atomic mass is 19.1. The second-order valence-electron chi connectivity index (χ2n) is 3.95. The molecule has 3 nitrogen and oxygen atoms in total. The molecule has 0 aliphatic carbocycles. The Morgan fingerprint density at radius 3 is 2.56 bits per heavy atom. The number of aliphatic hydroxyl groups excluding tert-OH is 1. The molecule has 0 aromatic heterocycles. The first-order valence-electron chi connectivity index (χ1n) is 5.60. The van der Waals surface area contributed by atoms with Gasteiger partial charge in [0, 0.05) is 23.4 Å². The van der Waals surface area contributed by atoms with E-state index >= 15 is 0 Å². The summed E-state index contributed by atoms with van der Waals surface area (Å²) in [4.78, 5) is 0. The molecule has 2 aromatic carbocycles. The third-order valence-corrected chi connectivity index (χ3v) is 2.69. The first-order chi connectivity index (χ1) is 8.70. The summed E-state index contributed by atoms with van der Waals surface area (Å²) in [7, 11) is 0. The SMILES string of the molecule is OCc1cc(NCc2ccccc2F)ccc1O. The van der Waals surface area contributed by atoms with E-state index in [4.69, 9.17) is 5.11 Å². The van der Waals surface area contributed by atoms with E-state index in [9.17, 15) is 9.50 Å².